The molecular formula is C18H14F3N3O. The third-order valence-corrected chi connectivity index (χ3v) is 3.52. The second kappa shape index (κ2) is 6.80. The van der Waals surface area contributed by atoms with Gasteiger partial charge in [-0.1, -0.05) is 36.4 Å². The summed E-state index contributed by atoms with van der Waals surface area (Å²) >= 11 is 0. The number of aromatic nitrogens is 2. The molecule has 0 unspecified atom stereocenters. The molecule has 0 bridgehead atoms. The van der Waals surface area contributed by atoms with Gasteiger partial charge in [0.25, 0.3) is 5.91 Å². The van der Waals surface area contributed by atoms with Crippen LogP contribution in [-0.2, 0) is 12.7 Å². The molecule has 128 valence electrons. The summed E-state index contributed by atoms with van der Waals surface area (Å²) in [6.07, 6.45) is -2.80. The molecule has 0 aliphatic carbocycles. The van der Waals surface area contributed by atoms with Crippen molar-refractivity contribution in [1.29, 1.82) is 0 Å². The van der Waals surface area contributed by atoms with Crippen molar-refractivity contribution in [3.05, 3.63) is 83.6 Å². The van der Waals surface area contributed by atoms with E-state index >= 15 is 0 Å². The maximum Gasteiger partial charge on any atom is 0.416 e. The zero-order valence-electron chi connectivity index (χ0n) is 13.0. The van der Waals surface area contributed by atoms with E-state index in [1.165, 1.54) is 12.1 Å². The van der Waals surface area contributed by atoms with Crippen molar-refractivity contribution in [3.8, 4) is 0 Å². The van der Waals surface area contributed by atoms with E-state index < -0.39 is 17.6 Å². The van der Waals surface area contributed by atoms with Crippen LogP contribution in [0.1, 0.15) is 21.5 Å². The second-order valence-corrected chi connectivity index (χ2v) is 5.42. The van der Waals surface area contributed by atoms with Gasteiger partial charge in [-0.2, -0.15) is 18.3 Å². The Morgan fingerprint density at radius 2 is 1.80 bits per heavy atom. The fourth-order valence-electron chi connectivity index (χ4n) is 2.31. The Bertz CT molecular complexity index is 873. The number of rotatable bonds is 4. The van der Waals surface area contributed by atoms with Gasteiger partial charge in [0.15, 0.2) is 5.82 Å². The summed E-state index contributed by atoms with van der Waals surface area (Å²) in [6.45, 7) is 0.528. The van der Waals surface area contributed by atoms with Crippen LogP contribution in [0.5, 0.6) is 0 Å². The molecule has 4 nitrogen and oxygen atoms in total. The Morgan fingerprint density at radius 3 is 2.52 bits per heavy atom. The highest BCUT2D eigenvalue weighted by atomic mass is 19.4. The molecule has 2 aromatic carbocycles. The van der Waals surface area contributed by atoms with Gasteiger partial charge in [-0.25, -0.2) is 0 Å². The molecule has 1 aromatic heterocycles. The first-order valence-corrected chi connectivity index (χ1v) is 7.48. The van der Waals surface area contributed by atoms with Gasteiger partial charge >= 0.3 is 6.18 Å². The lowest BCUT2D eigenvalue weighted by atomic mass is 10.1. The van der Waals surface area contributed by atoms with E-state index in [0.717, 1.165) is 17.7 Å². The van der Waals surface area contributed by atoms with E-state index in [4.69, 9.17) is 0 Å². The molecule has 1 heterocycles. The SMILES string of the molecule is O=C(Nc1ccn(Cc2ccccc2)n1)c1cccc(C(F)(F)F)c1. The number of nitrogens with one attached hydrogen (secondary N) is 1. The predicted molar refractivity (Wildman–Crippen MR) is 87.2 cm³/mol. The smallest absolute Gasteiger partial charge is 0.305 e. The Hall–Kier alpha value is -3.09. The number of halogens is 3. The minimum absolute atomic E-state index is 0.0764. The van der Waals surface area contributed by atoms with Crippen LogP contribution in [-0.4, -0.2) is 15.7 Å². The van der Waals surface area contributed by atoms with Crippen LogP contribution in [0.15, 0.2) is 66.9 Å². The zero-order chi connectivity index (χ0) is 17.9. The van der Waals surface area contributed by atoms with Gasteiger partial charge in [0.1, 0.15) is 0 Å². The van der Waals surface area contributed by atoms with E-state index in [9.17, 15) is 18.0 Å². The molecule has 0 saturated carbocycles. The summed E-state index contributed by atoms with van der Waals surface area (Å²) in [5, 5.41) is 6.71. The standard InChI is InChI=1S/C18H14F3N3O/c19-18(20,21)15-8-4-7-14(11-15)17(25)22-16-9-10-24(23-16)12-13-5-2-1-3-6-13/h1-11H,12H2,(H,22,23,25). The number of nitrogens with zero attached hydrogens (tertiary/aromatic N) is 2. The minimum atomic E-state index is -4.49. The molecule has 3 rings (SSSR count). The highest BCUT2D eigenvalue weighted by Gasteiger charge is 2.30. The first-order valence-electron chi connectivity index (χ1n) is 7.48. The van der Waals surface area contributed by atoms with Crippen LogP contribution in [0.2, 0.25) is 0 Å². The Morgan fingerprint density at radius 1 is 1.04 bits per heavy atom. The van der Waals surface area contributed by atoms with Crippen LogP contribution in [0.3, 0.4) is 0 Å². The van der Waals surface area contributed by atoms with Crippen LogP contribution in [0, 0.1) is 0 Å². The van der Waals surface area contributed by atoms with Gasteiger partial charge in [-0.3, -0.25) is 9.48 Å². The van der Waals surface area contributed by atoms with E-state index in [1.807, 2.05) is 30.3 Å². The van der Waals surface area contributed by atoms with E-state index in [-0.39, 0.29) is 11.4 Å². The molecule has 25 heavy (non-hydrogen) atoms. The van der Waals surface area contributed by atoms with E-state index in [0.29, 0.717) is 6.54 Å². The topological polar surface area (TPSA) is 46.9 Å². The largest absolute Gasteiger partial charge is 0.416 e. The lowest BCUT2D eigenvalue weighted by molar-refractivity contribution is -0.137. The number of alkyl halides is 3. The van der Waals surface area contributed by atoms with Gasteiger partial charge in [0, 0.05) is 17.8 Å². The highest BCUT2D eigenvalue weighted by Crippen LogP contribution is 2.29. The van der Waals surface area contributed by atoms with Crippen molar-refractivity contribution < 1.29 is 18.0 Å². The Labute approximate surface area is 141 Å². The van der Waals surface area contributed by atoms with Gasteiger partial charge in [0.05, 0.1) is 12.1 Å². The molecule has 7 heteroatoms. The number of hydrogen-bond donors (Lipinski definition) is 1. The summed E-state index contributed by atoms with van der Waals surface area (Å²) in [4.78, 5) is 12.1. The van der Waals surface area contributed by atoms with Crippen LogP contribution in [0.25, 0.3) is 0 Å². The van der Waals surface area contributed by atoms with Gasteiger partial charge < -0.3 is 5.32 Å². The normalized spacial score (nSPS) is 11.3. The number of anilines is 1. The van der Waals surface area contributed by atoms with Crippen LogP contribution < -0.4 is 5.32 Å². The molecule has 0 spiro atoms. The molecule has 0 atom stereocenters. The molecule has 3 aromatic rings. The maximum absolute atomic E-state index is 12.7. The lowest BCUT2D eigenvalue weighted by Gasteiger charge is -2.08. The summed E-state index contributed by atoms with van der Waals surface area (Å²) in [5.74, 6) is -0.366. The number of amides is 1. The molecular weight excluding hydrogens is 331 g/mol. The predicted octanol–water partition coefficient (Wildman–Crippen LogP) is 4.20. The van der Waals surface area contributed by atoms with Crippen LogP contribution in [0.4, 0.5) is 19.0 Å². The molecule has 0 aliphatic heterocycles. The molecule has 1 N–H and O–H groups in total. The van der Waals surface area contributed by atoms with Gasteiger partial charge in [-0.15, -0.1) is 0 Å². The maximum atomic E-state index is 12.7. The molecule has 0 radical (unpaired) electrons. The average Bonchev–Trinajstić information content (AvgIpc) is 3.02. The fourth-order valence-corrected chi connectivity index (χ4v) is 2.31. The number of hydrogen-bond acceptors (Lipinski definition) is 2. The second-order valence-electron chi connectivity index (χ2n) is 5.42. The fraction of sp³-hybridized carbons (Fsp3) is 0.111. The summed E-state index contributed by atoms with van der Waals surface area (Å²) in [7, 11) is 0. The lowest BCUT2D eigenvalue weighted by Crippen LogP contribution is -2.14. The minimum Gasteiger partial charge on any atom is -0.305 e. The van der Waals surface area contributed by atoms with Crippen molar-refractivity contribution in [2.45, 2.75) is 12.7 Å². The van der Waals surface area contributed by atoms with Crippen molar-refractivity contribution in [2.75, 3.05) is 5.32 Å². The summed E-state index contributed by atoms with van der Waals surface area (Å²) in [5.41, 5.74) is 0.101. The summed E-state index contributed by atoms with van der Waals surface area (Å²) in [6, 6.07) is 15.5. The number of carbonyl (C=O) groups excluding carboxylic acids is 1. The quantitative estimate of drug-likeness (QED) is 0.770. The van der Waals surface area contributed by atoms with Crippen molar-refractivity contribution >= 4 is 11.7 Å². The average molecular weight is 345 g/mol. The van der Waals surface area contributed by atoms with Crippen molar-refractivity contribution in [1.82, 2.24) is 9.78 Å². The third-order valence-electron chi connectivity index (χ3n) is 3.52. The first-order chi connectivity index (χ1) is 11.9. The molecule has 0 aliphatic rings. The Balaban J connectivity index is 1.70. The number of carbonyl (C=O) groups is 1. The van der Waals surface area contributed by atoms with Gasteiger partial charge in [0.2, 0.25) is 0 Å². The van der Waals surface area contributed by atoms with Gasteiger partial charge in [-0.05, 0) is 23.8 Å². The van der Waals surface area contributed by atoms with Crippen molar-refractivity contribution in [2.24, 2.45) is 0 Å². The van der Waals surface area contributed by atoms with Crippen LogP contribution >= 0.6 is 0 Å². The highest BCUT2D eigenvalue weighted by molar-refractivity contribution is 6.03. The Kier molecular flexibility index (Phi) is 4.56. The molecule has 0 fully saturated rings. The molecule has 0 saturated heterocycles. The van der Waals surface area contributed by atoms with E-state index in [1.54, 1.807) is 16.9 Å². The zero-order valence-corrected chi connectivity index (χ0v) is 13.0. The third kappa shape index (κ3) is 4.26. The number of benzene rings is 2. The van der Waals surface area contributed by atoms with E-state index in [2.05, 4.69) is 10.4 Å². The monoisotopic (exact) mass is 345 g/mol. The van der Waals surface area contributed by atoms with Crippen molar-refractivity contribution in [3.63, 3.8) is 0 Å². The summed E-state index contributed by atoms with van der Waals surface area (Å²) < 4.78 is 39.8. The molecule has 1 amide bonds. The first kappa shape index (κ1) is 16.8.